The zero-order valence-corrected chi connectivity index (χ0v) is 14.8. The van der Waals surface area contributed by atoms with E-state index in [1.54, 1.807) is 25.1 Å². The maximum Gasteiger partial charge on any atom is 0.347 e. The van der Waals surface area contributed by atoms with Crippen LogP contribution in [0.1, 0.15) is 52.4 Å². The Morgan fingerprint density at radius 3 is 2.55 bits per heavy atom. The molecular formula is C17H24Cl2O3. The van der Waals surface area contributed by atoms with E-state index in [4.69, 9.17) is 32.7 Å². The van der Waals surface area contributed by atoms with Crippen molar-refractivity contribution in [3.8, 4) is 5.75 Å². The van der Waals surface area contributed by atoms with Gasteiger partial charge in [0.15, 0.2) is 6.10 Å². The highest BCUT2D eigenvalue weighted by Crippen LogP contribution is 2.32. The Balaban J connectivity index is 2.26. The number of benzene rings is 1. The molecule has 1 unspecified atom stereocenters. The molecule has 22 heavy (non-hydrogen) atoms. The maximum absolute atomic E-state index is 11.9. The van der Waals surface area contributed by atoms with Gasteiger partial charge in [-0.25, -0.2) is 4.79 Å². The zero-order valence-electron chi connectivity index (χ0n) is 13.2. The topological polar surface area (TPSA) is 35.5 Å². The van der Waals surface area contributed by atoms with E-state index in [0.717, 1.165) is 12.8 Å². The van der Waals surface area contributed by atoms with Gasteiger partial charge in [-0.15, -0.1) is 0 Å². The molecule has 1 aromatic rings. The van der Waals surface area contributed by atoms with Crippen LogP contribution in [0.2, 0.25) is 10.0 Å². The number of ether oxygens (including phenoxy) is 2. The Morgan fingerprint density at radius 2 is 1.82 bits per heavy atom. The van der Waals surface area contributed by atoms with Gasteiger partial charge in [-0.05, 0) is 25.5 Å². The Morgan fingerprint density at radius 1 is 1.14 bits per heavy atom. The second-order valence-electron chi connectivity index (χ2n) is 5.25. The first-order valence-electron chi connectivity index (χ1n) is 7.83. The second kappa shape index (κ2) is 10.7. The largest absolute Gasteiger partial charge is 0.477 e. The van der Waals surface area contributed by atoms with Gasteiger partial charge in [-0.3, -0.25) is 0 Å². The molecule has 1 rings (SSSR count). The minimum atomic E-state index is -0.712. The molecule has 5 heteroatoms. The molecule has 0 saturated carbocycles. The van der Waals surface area contributed by atoms with Crippen molar-refractivity contribution in [2.45, 2.75) is 58.5 Å². The lowest BCUT2D eigenvalue weighted by Gasteiger charge is -2.15. The van der Waals surface area contributed by atoms with Gasteiger partial charge < -0.3 is 9.47 Å². The average molecular weight is 347 g/mol. The second-order valence-corrected chi connectivity index (χ2v) is 6.03. The molecular weight excluding hydrogens is 323 g/mol. The van der Waals surface area contributed by atoms with Gasteiger partial charge in [0.25, 0.3) is 0 Å². The van der Waals surface area contributed by atoms with Crippen LogP contribution >= 0.6 is 23.2 Å². The minimum absolute atomic E-state index is 0.305. The number of carbonyl (C=O) groups excluding carboxylic acids is 1. The van der Waals surface area contributed by atoms with Gasteiger partial charge >= 0.3 is 5.97 Å². The van der Waals surface area contributed by atoms with Gasteiger partial charge in [0.1, 0.15) is 10.8 Å². The van der Waals surface area contributed by atoms with Crippen LogP contribution in [0, 0.1) is 0 Å². The summed E-state index contributed by atoms with van der Waals surface area (Å²) in [5, 5.41) is 0.701. The third kappa shape index (κ3) is 6.89. The number of hydrogen-bond acceptors (Lipinski definition) is 3. The smallest absolute Gasteiger partial charge is 0.347 e. The first kappa shape index (κ1) is 19.1. The fraction of sp³-hybridized carbons (Fsp3) is 0.588. The van der Waals surface area contributed by atoms with Crippen molar-refractivity contribution in [1.82, 2.24) is 0 Å². The van der Waals surface area contributed by atoms with Crippen molar-refractivity contribution in [2.75, 3.05) is 6.61 Å². The SMILES string of the molecule is CCCCCCCCOC(=O)C(C)Oc1cccc(Cl)c1Cl. The van der Waals surface area contributed by atoms with Crippen molar-refractivity contribution in [3.05, 3.63) is 28.2 Å². The molecule has 0 spiro atoms. The maximum atomic E-state index is 11.9. The van der Waals surface area contributed by atoms with Crippen LogP contribution in [0.15, 0.2) is 18.2 Å². The zero-order chi connectivity index (χ0) is 16.4. The average Bonchev–Trinajstić information content (AvgIpc) is 2.50. The molecule has 0 aliphatic carbocycles. The van der Waals surface area contributed by atoms with Gasteiger partial charge in [0.2, 0.25) is 0 Å². The summed E-state index contributed by atoms with van der Waals surface area (Å²) in [6, 6.07) is 5.06. The Kier molecular flexibility index (Phi) is 9.33. The first-order chi connectivity index (χ1) is 10.6. The Hall–Kier alpha value is -0.930. The molecule has 124 valence electrons. The van der Waals surface area contributed by atoms with E-state index >= 15 is 0 Å². The summed E-state index contributed by atoms with van der Waals surface area (Å²) in [5.74, 6) is 0.00258. The van der Waals surface area contributed by atoms with Gasteiger partial charge in [0.05, 0.1) is 11.6 Å². The number of carbonyl (C=O) groups is 1. The highest BCUT2D eigenvalue weighted by molar-refractivity contribution is 6.42. The van der Waals surface area contributed by atoms with Crippen molar-refractivity contribution in [1.29, 1.82) is 0 Å². The number of unbranched alkanes of at least 4 members (excludes halogenated alkanes) is 5. The molecule has 0 amide bonds. The number of halogens is 2. The molecule has 0 fully saturated rings. The van der Waals surface area contributed by atoms with Crippen molar-refractivity contribution >= 4 is 29.2 Å². The third-order valence-corrected chi connectivity index (χ3v) is 4.10. The molecule has 0 saturated heterocycles. The summed E-state index contributed by atoms with van der Waals surface area (Å²) in [4.78, 5) is 11.9. The highest BCUT2D eigenvalue weighted by Gasteiger charge is 2.18. The van der Waals surface area contributed by atoms with Crippen LogP contribution in [0.3, 0.4) is 0 Å². The van der Waals surface area contributed by atoms with Gasteiger partial charge in [-0.2, -0.15) is 0 Å². The lowest BCUT2D eigenvalue weighted by Crippen LogP contribution is -2.26. The van der Waals surface area contributed by atoms with Gasteiger partial charge in [-0.1, -0.05) is 68.3 Å². The molecule has 0 aromatic heterocycles. The molecule has 1 aromatic carbocycles. The van der Waals surface area contributed by atoms with Crippen molar-refractivity contribution in [3.63, 3.8) is 0 Å². The lowest BCUT2D eigenvalue weighted by molar-refractivity contribution is -0.151. The van der Waals surface area contributed by atoms with E-state index in [0.29, 0.717) is 22.4 Å². The normalized spacial score (nSPS) is 12.0. The monoisotopic (exact) mass is 346 g/mol. The van der Waals surface area contributed by atoms with E-state index in [2.05, 4.69) is 6.92 Å². The molecule has 0 bridgehead atoms. The first-order valence-corrected chi connectivity index (χ1v) is 8.59. The van der Waals surface area contributed by atoms with Crippen LogP contribution in [0.4, 0.5) is 0 Å². The fourth-order valence-corrected chi connectivity index (χ4v) is 2.32. The summed E-state index contributed by atoms with van der Waals surface area (Å²) >= 11 is 11.9. The molecule has 0 aliphatic heterocycles. The molecule has 1 atom stereocenters. The molecule has 3 nitrogen and oxygen atoms in total. The number of rotatable bonds is 10. The van der Waals surface area contributed by atoms with E-state index in [1.807, 2.05) is 0 Å². The molecule has 0 heterocycles. The van der Waals surface area contributed by atoms with Gasteiger partial charge in [0, 0.05) is 0 Å². The fourth-order valence-electron chi connectivity index (χ4n) is 1.99. The number of esters is 1. The van der Waals surface area contributed by atoms with Crippen LogP contribution < -0.4 is 4.74 Å². The highest BCUT2D eigenvalue weighted by atomic mass is 35.5. The predicted molar refractivity (Wildman–Crippen MR) is 90.9 cm³/mol. The quantitative estimate of drug-likeness (QED) is 0.404. The number of hydrogen-bond donors (Lipinski definition) is 0. The van der Waals surface area contributed by atoms with E-state index in [9.17, 15) is 4.79 Å². The third-order valence-electron chi connectivity index (χ3n) is 3.29. The van der Waals surface area contributed by atoms with Crippen LogP contribution in [-0.2, 0) is 9.53 Å². The summed E-state index contributed by atoms with van der Waals surface area (Å²) < 4.78 is 10.7. The van der Waals surface area contributed by atoms with Crippen molar-refractivity contribution in [2.24, 2.45) is 0 Å². The molecule has 0 radical (unpaired) electrons. The van der Waals surface area contributed by atoms with Crippen LogP contribution in [0.25, 0.3) is 0 Å². The van der Waals surface area contributed by atoms with Crippen LogP contribution in [-0.4, -0.2) is 18.7 Å². The van der Waals surface area contributed by atoms with Crippen molar-refractivity contribution < 1.29 is 14.3 Å². The summed E-state index contributed by atoms with van der Waals surface area (Å²) in [6.45, 7) is 4.26. The van der Waals surface area contributed by atoms with Crippen LogP contribution in [0.5, 0.6) is 5.75 Å². The molecule has 0 aliphatic rings. The Bertz CT molecular complexity index is 463. The summed E-state index contributed by atoms with van der Waals surface area (Å²) in [5.41, 5.74) is 0. The Labute approximate surface area is 142 Å². The summed E-state index contributed by atoms with van der Waals surface area (Å²) in [6.07, 6.45) is 6.20. The van der Waals surface area contributed by atoms with E-state index < -0.39 is 6.10 Å². The lowest BCUT2D eigenvalue weighted by atomic mass is 10.1. The van der Waals surface area contributed by atoms with E-state index in [1.165, 1.54) is 25.7 Å². The molecule has 0 N–H and O–H groups in total. The minimum Gasteiger partial charge on any atom is -0.477 e. The van der Waals surface area contributed by atoms with E-state index in [-0.39, 0.29) is 5.97 Å². The summed E-state index contributed by atoms with van der Waals surface area (Å²) in [7, 11) is 0. The standard InChI is InChI=1S/C17H24Cl2O3/c1-3-4-5-6-7-8-12-21-17(20)13(2)22-15-11-9-10-14(18)16(15)19/h9-11,13H,3-8,12H2,1-2H3. The predicted octanol–water partition coefficient (Wildman–Crippen LogP) is 5.66.